The number of thiophene rings is 1. The van der Waals surface area contributed by atoms with Gasteiger partial charge in [0.1, 0.15) is 4.83 Å². The van der Waals surface area contributed by atoms with Crippen LogP contribution in [0.15, 0.2) is 45.7 Å². The van der Waals surface area contributed by atoms with E-state index in [0.717, 1.165) is 28.8 Å². The van der Waals surface area contributed by atoms with E-state index in [1.54, 1.807) is 11.6 Å². The van der Waals surface area contributed by atoms with Crippen LogP contribution in [0.3, 0.4) is 0 Å². The van der Waals surface area contributed by atoms with E-state index in [1.807, 2.05) is 35.7 Å². The van der Waals surface area contributed by atoms with Crippen molar-refractivity contribution in [2.24, 2.45) is 7.05 Å². The quantitative estimate of drug-likeness (QED) is 0.523. The Morgan fingerprint density at radius 1 is 1.30 bits per heavy atom. The van der Waals surface area contributed by atoms with Crippen LogP contribution in [0.2, 0.25) is 0 Å². The molecule has 0 saturated heterocycles. The summed E-state index contributed by atoms with van der Waals surface area (Å²) in [7, 11) is 1.72. The van der Waals surface area contributed by atoms with Gasteiger partial charge in [-0.3, -0.25) is 14.2 Å². The third kappa shape index (κ3) is 3.80. The molecule has 3 aromatic rings. The zero-order valence-corrected chi connectivity index (χ0v) is 16.7. The molecule has 1 fully saturated rings. The van der Waals surface area contributed by atoms with Gasteiger partial charge in [0.05, 0.1) is 11.1 Å². The van der Waals surface area contributed by atoms with Gasteiger partial charge in [0, 0.05) is 24.0 Å². The zero-order valence-electron chi connectivity index (χ0n) is 15.1. The highest BCUT2D eigenvalue weighted by Gasteiger charge is 2.19. The first-order valence-electron chi connectivity index (χ1n) is 9.09. The second-order valence-electron chi connectivity index (χ2n) is 6.79. The Morgan fingerprint density at radius 2 is 2.04 bits per heavy atom. The van der Waals surface area contributed by atoms with Crippen molar-refractivity contribution >= 4 is 39.2 Å². The summed E-state index contributed by atoms with van der Waals surface area (Å²) in [6.45, 7) is 0. The number of hydrogen-bond acceptors (Lipinski definition) is 5. The van der Waals surface area contributed by atoms with Crippen LogP contribution in [0, 0.1) is 0 Å². The van der Waals surface area contributed by atoms with Crippen molar-refractivity contribution in [2.75, 3.05) is 5.75 Å². The zero-order chi connectivity index (χ0) is 18.8. The van der Waals surface area contributed by atoms with Gasteiger partial charge in [-0.25, -0.2) is 4.98 Å². The number of benzene rings is 1. The van der Waals surface area contributed by atoms with Gasteiger partial charge in [0.2, 0.25) is 5.91 Å². The SMILES string of the molecule is Cn1c(SCC(=O)NC2CCCC2)nc2scc(-c3ccccc3)c2c1=O. The van der Waals surface area contributed by atoms with Gasteiger partial charge in [-0.1, -0.05) is 54.9 Å². The third-order valence-electron chi connectivity index (χ3n) is 4.91. The minimum absolute atomic E-state index is 0.0115. The van der Waals surface area contributed by atoms with Gasteiger partial charge >= 0.3 is 0 Å². The van der Waals surface area contributed by atoms with Crippen molar-refractivity contribution in [3.8, 4) is 11.1 Å². The normalized spacial score (nSPS) is 14.7. The molecule has 4 rings (SSSR count). The maximum atomic E-state index is 12.9. The molecule has 140 valence electrons. The average molecular weight is 400 g/mol. The van der Waals surface area contributed by atoms with Crippen LogP contribution in [-0.2, 0) is 11.8 Å². The maximum absolute atomic E-state index is 12.9. The number of rotatable bonds is 5. The van der Waals surface area contributed by atoms with Crippen LogP contribution >= 0.6 is 23.1 Å². The fourth-order valence-electron chi connectivity index (χ4n) is 3.48. The molecule has 0 spiro atoms. The molecule has 2 aromatic heterocycles. The largest absolute Gasteiger partial charge is 0.353 e. The molecule has 5 nitrogen and oxygen atoms in total. The van der Waals surface area contributed by atoms with Crippen LogP contribution in [0.4, 0.5) is 0 Å². The summed E-state index contributed by atoms with van der Waals surface area (Å²) in [5, 5.41) is 6.28. The monoisotopic (exact) mass is 399 g/mol. The molecule has 1 aliphatic rings. The molecule has 2 heterocycles. The van der Waals surface area contributed by atoms with Gasteiger partial charge in [-0.05, 0) is 18.4 Å². The fourth-order valence-corrected chi connectivity index (χ4v) is 5.25. The molecule has 1 aromatic carbocycles. The van der Waals surface area contributed by atoms with E-state index in [4.69, 9.17) is 0 Å². The lowest BCUT2D eigenvalue weighted by Gasteiger charge is -2.12. The van der Waals surface area contributed by atoms with Crippen molar-refractivity contribution in [3.63, 3.8) is 0 Å². The number of nitrogens with one attached hydrogen (secondary N) is 1. The number of fused-ring (bicyclic) bond motifs is 1. The molecule has 1 aliphatic carbocycles. The summed E-state index contributed by atoms with van der Waals surface area (Å²) in [5.41, 5.74) is 1.86. The van der Waals surface area contributed by atoms with Crippen LogP contribution in [0.5, 0.6) is 0 Å². The first kappa shape index (κ1) is 18.3. The van der Waals surface area contributed by atoms with E-state index < -0.39 is 0 Å². The minimum Gasteiger partial charge on any atom is -0.353 e. The smallest absolute Gasteiger partial charge is 0.263 e. The van der Waals surface area contributed by atoms with Gasteiger partial charge < -0.3 is 5.32 Å². The molecule has 0 atom stereocenters. The van der Waals surface area contributed by atoms with Gasteiger partial charge in [0.15, 0.2) is 5.16 Å². The van der Waals surface area contributed by atoms with E-state index in [9.17, 15) is 9.59 Å². The molecule has 7 heteroatoms. The first-order chi connectivity index (χ1) is 13.1. The van der Waals surface area contributed by atoms with Crippen molar-refractivity contribution in [1.29, 1.82) is 0 Å². The lowest BCUT2D eigenvalue weighted by atomic mass is 10.1. The minimum atomic E-state index is -0.0706. The first-order valence-corrected chi connectivity index (χ1v) is 11.0. The lowest BCUT2D eigenvalue weighted by molar-refractivity contribution is -0.119. The highest BCUT2D eigenvalue weighted by atomic mass is 32.2. The molecule has 0 aliphatic heterocycles. The number of carbonyl (C=O) groups excluding carboxylic acids is 1. The maximum Gasteiger partial charge on any atom is 0.263 e. The Hall–Kier alpha value is -2.12. The summed E-state index contributed by atoms with van der Waals surface area (Å²) in [4.78, 5) is 30.5. The molecule has 27 heavy (non-hydrogen) atoms. The highest BCUT2D eigenvalue weighted by Crippen LogP contribution is 2.31. The standard InChI is InChI=1S/C20H21N3O2S2/c1-23-19(25)17-15(13-7-3-2-4-8-13)11-26-18(17)22-20(23)27-12-16(24)21-14-9-5-6-10-14/h2-4,7-8,11,14H,5-6,9-10,12H2,1H3,(H,21,24). The molecule has 0 bridgehead atoms. The number of thioether (sulfide) groups is 1. The predicted molar refractivity (Wildman–Crippen MR) is 111 cm³/mol. The van der Waals surface area contributed by atoms with Crippen molar-refractivity contribution in [3.05, 3.63) is 46.1 Å². The number of carbonyl (C=O) groups is 1. The molecule has 1 N–H and O–H groups in total. The molecular formula is C20H21N3O2S2. The van der Waals surface area contributed by atoms with E-state index in [2.05, 4.69) is 10.3 Å². The number of amides is 1. The van der Waals surface area contributed by atoms with Crippen LogP contribution in [0.1, 0.15) is 25.7 Å². The van der Waals surface area contributed by atoms with E-state index in [0.29, 0.717) is 16.6 Å². The summed E-state index contributed by atoms with van der Waals surface area (Å²) in [6, 6.07) is 10.2. The van der Waals surface area contributed by atoms with Crippen LogP contribution < -0.4 is 10.9 Å². The Balaban J connectivity index is 1.57. The second-order valence-corrected chi connectivity index (χ2v) is 8.59. The van der Waals surface area contributed by atoms with Gasteiger partial charge in [-0.15, -0.1) is 11.3 Å². The number of nitrogens with zero attached hydrogens (tertiary/aromatic N) is 2. The topological polar surface area (TPSA) is 64.0 Å². The molecule has 0 radical (unpaired) electrons. The van der Waals surface area contributed by atoms with E-state index in [1.165, 1.54) is 35.9 Å². The van der Waals surface area contributed by atoms with Gasteiger partial charge in [0.25, 0.3) is 5.56 Å². The summed E-state index contributed by atoms with van der Waals surface area (Å²) in [6.07, 6.45) is 4.51. The second kappa shape index (κ2) is 7.86. The number of aromatic nitrogens is 2. The highest BCUT2D eigenvalue weighted by molar-refractivity contribution is 7.99. The summed E-state index contributed by atoms with van der Waals surface area (Å²) in [5.74, 6) is 0.288. The van der Waals surface area contributed by atoms with Crippen molar-refractivity contribution in [1.82, 2.24) is 14.9 Å². The Labute approximate surface area is 165 Å². The van der Waals surface area contributed by atoms with Gasteiger partial charge in [-0.2, -0.15) is 0 Å². The number of hydrogen-bond donors (Lipinski definition) is 1. The predicted octanol–water partition coefficient (Wildman–Crippen LogP) is 3.81. The summed E-state index contributed by atoms with van der Waals surface area (Å²) >= 11 is 2.79. The van der Waals surface area contributed by atoms with Crippen LogP contribution in [0.25, 0.3) is 21.3 Å². The Bertz CT molecular complexity index is 1020. The molecule has 1 saturated carbocycles. The Kier molecular flexibility index (Phi) is 5.31. The average Bonchev–Trinajstić information content (AvgIpc) is 3.34. The van der Waals surface area contributed by atoms with E-state index >= 15 is 0 Å². The molecule has 0 unspecified atom stereocenters. The van der Waals surface area contributed by atoms with Crippen molar-refractivity contribution < 1.29 is 4.79 Å². The summed E-state index contributed by atoms with van der Waals surface area (Å²) < 4.78 is 1.55. The lowest BCUT2D eigenvalue weighted by Crippen LogP contribution is -2.34. The molecule has 1 amide bonds. The van der Waals surface area contributed by atoms with Crippen LogP contribution in [-0.4, -0.2) is 27.3 Å². The van der Waals surface area contributed by atoms with Crippen molar-refractivity contribution in [2.45, 2.75) is 36.9 Å². The Morgan fingerprint density at radius 3 is 2.78 bits per heavy atom. The van der Waals surface area contributed by atoms with E-state index in [-0.39, 0.29) is 17.2 Å². The third-order valence-corrected chi connectivity index (χ3v) is 6.81. The molecular weight excluding hydrogens is 378 g/mol. The fraction of sp³-hybridized carbons (Fsp3) is 0.350.